The number of carbonyl (C=O) groups excluding carboxylic acids is 2. The molecule has 0 aliphatic carbocycles. The summed E-state index contributed by atoms with van der Waals surface area (Å²) in [7, 11) is 0. The second-order valence-corrected chi connectivity index (χ2v) is 3.39. The average molecular weight is 246 g/mol. The monoisotopic (exact) mass is 246 g/mol. The summed E-state index contributed by atoms with van der Waals surface area (Å²) >= 11 is 0. The zero-order valence-corrected chi connectivity index (χ0v) is 8.96. The predicted octanol–water partition coefficient (Wildman–Crippen LogP) is -1.66. The van der Waals surface area contributed by atoms with Crippen LogP contribution in [0.5, 0.6) is 0 Å². The number of rotatable bonds is 8. The maximum atomic E-state index is 11.3. The molecule has 0 fully saturated rings. The van der Waals surface area contributed by atoms with E-state index in [1.807, 2.05) is 0 Å². The molecule has 0 aromatic heterocycles. The minimum Gasteiger partial charge on any atom is -0.481 e. The van der Waals surface area contributed by atoms with Crippen LogP contribution in [0.25, 0.3) is 0 Å². The fourth-order valence-electron chi connectivity index (χ4n) is 1.02. The molecule has 96 valence electrons. The van der Waals surface area contributed by atoms with E-state index < -0.39 is 36.4 Å². The molecule has 0 heterocycles. The van der Waals surface area contributed by atoms with Gasteiger partial charge in [0.1, 0.15) is 6.29 Å². The number of carboxylic acid groups (broad SMARTS) is 2. The highest BCUT2D eigenvalue weighted by atomic mass is 16.4. The number of carbonyl (C=O) groups is 4. The number of hydrogen-bond acceptors (Lipinski definition) is 5. The Morgan fingerprint density at radius 1 is 1.24 bits per heavy atom. The smallest absolute Gasteiger partial charge is 0.305 e. The molecule has 0 aromatic rings. The molecule has 0 saturated carbocycles. The minimum atomic E-state index is -1.23. The van der Waals surface area contributed by atoms with Gasteiger partial charge in [0.2, 0.25) is 5.91 Å². The molecule has 8 nitrogen and oxygen atoms in total. The summed E-state index contributed by atoms with van der Waals surface area (Å²) in [5.74, 6) is -3.07. The maximum Gasteiger partial charge on any atom is 0.305 e. The van der Waals surface area contributed by atoms with Crippen LogP contribution in [0.2, 0.25) is 0 Å². The van der Waals surface area contributed by atoms with E-state index in [-0.39, 0.29) is 19.1 Å². The molecule has 0 spiro atoms. The van der Waals surface area contributed by atoms with Crippen molar-refractivity contribution in [2.45, 2.75) is 31.3 Å². The van der Waals surface area contributed by atoms with Gasteiger partial charge in [-0.05, 0) is 6.42 Å². The number of aliphatic carboxylic acids is 2. The van der Waals surface area contributed by atoms with Gasteiger partial charge >= 0.3 is 11.9 Å². The van der Waals surface area contributed by atoms with E-state index in [0.717, 1.165) is 0 Å². The lowest BCUT2D eigenvalue weighted by Crippen LogP contribution is -2.46. The Hall–Kier alpha value is -1.96. The first kappa shape index (κ1) is 15.0. The highest BCUT2D eigenvalue weighted by Gasteiger charge is 2.20. The third-order valence-corrected chi connectivity index (χ3v) is 1.89. The number of nitrogens with two attached hydrogens (primary N) is 1. The first-order valence-corrected chi connectivity index (χ1v) is 4.81. The lowest BCUT2D eigenvalue weighted by molar-refractivity contribution is -0.139. The second kappa shape index (κ2) is 7.34. The van der Waals surface area contributed by atoms with Gasteiger partial charge in [-0.25, -0.2) is 0 Å². The quantitative estimate of drug-likeness (QED) is 0.374. The van der Waals surface area contributed by atoms with E-state index in [2.05, 4.69) is 5.32 Å². The number of nitrogens with one attached hydrogen (secondary N) is 1. The van der Waals surface area contributed by atoms with E-state index in [1.54, 1.807) is 0 Å². The molecular weight excluding hydrogens is 232 g/mol. The molecule has 5 N–H and O–H groups in total. The highest BCUT2D eigenvalue weighted by Crippen LogP contribution is 1.96. The van der Waals surface area contributed by atoms with E-state index >= 15 is 0 Å². The van der Waals surface area contributed by atoms with Crippen LogP contribution in [0.3, 0.4) is 0 Å². The van der Waals surface area contributed by atoms with Gasteiger partial charge in [-0.2, -0.15) is 0 Å². The summed E-state index contributed by atoms with van der Waals surface area (Å²) in [5, 5.41) is 18.9. The van der Waals surface area contributed by atoms with Crippen molar-refractivity contribution in [1.29, 1.82) is 0 Å². The van der Waals surface area contributed by atoms with Gasteiger partial charge in [0.15, 0.2) is 0 Å². The minimum absolute atomic E-state index is 0.0835. The third-order valence-electron chi connectivity index (χ3n) is 1.89. The Bertz CT molecular complexity index is 317. The molecule has 0 unspecified atom stereocenters. The summed E-state index contributed by atoms with van der Waals surface area (Å²) in [5.41, 5.74) is 5.36. The fourth-order valence-corrected chi connectivity index (χ4v) is 1.02. The largest absolute Gasteiger partial charge is 0.481 e. The number of amides is 1. The van der Waals surface area contributed by atoms with Gasteiger partial charge in [-0.3, -0.25) is 14.4 Å². The van der Waals surface area contributed by atoms with E-state index in [0.29, 0.717) is 0 Å². The van der Waals surface area contributed by atoms with Crippen molar-refractivity contribution in [3.63, 3.8) is 0 Å². The van der Waals surface area contributed by atoms with Crippen LogP contribution in [-0.4, -0.2) is 46.4 Å². The van der Waals surface area contributed by atoms with E-state index in [9.17, 15) is 19.2 Å². The summed E-state index contributed by atoms with van der Waals surface area (Å²) < 4.78 is 0. The number of hydrogen-bond donors (Lipinski definition) is 4. The first-order chi connectivity index (χ1) is 7.86. The number of aldehydes is 1. The van der Waals surface area contributed by atoms with E-state index in [4.69, 9.17) is 15.9 Å². The molecular formula is C9H14N2O6. The zero-order valence-electron chi connectivity index (χ0n) is 8.96. The molecule has 0 radical (unpaired) electrons. The SMILES string of the molecule is N[C@@H](CCC(=O)O)C(=O)N[C@H](C=O)CC(=O)O. The predicted molar refractivity (Wildman–Crippen MR) is 55.1 cm³/mol. The summed E-state index contributed by atoms with van der Waals surface area (Å²) in [6, 6.07) is -2.24. The molecule has 17 heavy (non-hydrogen) atoms. The second-order valence-electron chi connectivity index (χ2n) is 3.39. The van der Waals surface area contributed by atoms with Crippen LogP contribution >= 0.6 is 0 Å². The van der Waals surface area contributed by atoms with Crippen molar-refractivity contribution in [1.82, 2.24) is 5.32 Å². The van der Waals surface area contributed by atoms with Gasteiger partial charge in [0.05, 0.1) is 18.5 Å². The van der Waals surface area contributed by atoms with Crippen LogP contribution in [-0.2, 0) is 19.2 Å². The van der Waals surface area contributed by atoms with Gasteiger partial charge in [0.25, 0.3) is 0 Å². The lowest BCUT2D eigenvalue weighted by Gasteiger charge is -2.14. The molecule has 0 rings (SSSR count). The van der Waals surface area contributed by atoms with Crippen molar-refractivity contribution in [3.8, 4) is 0 Å². The van der Waals surface area contributed by atoms with Gasteiger partial charge in [0, 0.05) is 6.42 Å². The van der Waals surface area contributed by atoms with Crippen molar-refractivity contribution < 1.29 is 29.4 Å². The molecule has 0 aliphatic rings. The molecule has 1 amide bonds. The van der Waals surface area contributed by atoms with Gasteiger partial charge in [-0.1, -0.05) is 0 Å². The van der Waals surface area contributed by atoms with Gasteiger partial charge in [-0.15, -0.1) is 0 Å². The number of carboxylic acids is 2. The molecule has 0 aliphatic heterocycles. The Kier molecular flexibility index (Phi) is 6.49. The van der Waals surface area contributed by atoms with Crippen LogP contribution in [0, 0.1) is 0 Å². The molecule has 8 heteroatoms. The topological polar surface area (TPSA) is 147 Å². The Morgan fingerprint density at radius 3 is 2.24 bits per heavy atom. The van der Waals surface area contributed by atoms with Crippen molar-refractivity contribution >= 4 is 24.1 Å². The molecule has 0 saturated heterocycles. The average Bonchev–Trinajstić information content (AvgIpc) is 2.23. The molecule has 0 bridgehead atoms. The maximum absolute atomic E-state index is 11.3. The summed E-state index contributed by atoms with van der Waals surface area (Å²) in [4.78, 5) is 42.3. The Morgan fingerprint density at radius 2 is 1.82 bits per heavy atom. The van der Waals surface area contributed by atoms with Crippen LogP contribution in [0.4, 0.5) is 0 Å². The summed E-state index contributed by atoms with van der Waals surface area (Å²) in [6.07, 6.45) is -0.615. The molecule has 2 atom stereocenters. The summed E-state index contributed by atoms with van der Waals surface area (Å²) in [6.45, 7) is 0. The zero-order chi connectivity index (χ0) is 13.4. The van der Waals surface area contributed by atoms with Crippen LogP contribution < -0.4 is 11.1 Å². The third kappa shape index (κ3) is 7.01. The van der Waals surface area contributed by atoms with Crippen molar-refractivity contribution in [2.24, 2.45) is 5.73 Å². The standard InChI is InChI=1S/C9H14N2O6/c10-6(1-2-7(13)14)9(17)11-5(4-12)3-8(15)16/h4-6H,1-3,10H2,(H,11,17)(H,13,14)(H,15,16)/t5-,6-/m0/s1. The molecule has 0 aromatic carbocycles. The van der Waals surface area contributed by atoms with Crippen molar-refractivity contribution in [2.75, 3.05) is 0 Å². The van der Waals surface area contributed by atoms with Gasteiger partial charge < -0.3 is 26.1 Å². The van der Waals surface area contributed by atoms with E-state index in [1.165, 1.54) is 0 Å². The van der Waals surface area contributed by atoms with Crippen molar-refractivity contribution in [3.05, 3.63) is 0 Å². The normalized spacial score (nSPS) is 13.5. The van der Waals surface area contributed by atoms with Crippen LogP contribution in [0.1, 0.15) is 19.3 Å². The fraction of sp³-hybridized carbons (Fsp3) is 0.556. The highest BCUT2D eigenvalue weighted by molar-refractivity contribution is 5.86. The van der Waals surface area contributed by atoms with Crippen LogP contribution in [0.15, 0.2) is 0 Å². The lowest BCUT2D eigenvalue weighted by atomic mass is 10.1. The Labute approximate surface area is 96.8 Å². The Balaban J connectivity index is 4.16. The first-order valence-electron chi connectivity index (χ1n) is 4.81.